The Hall–Kier alpha value is -6.35. The second-order valence-electron chi connectivity index (χ2n) is 24.2. The van der Waals surface area contributed by atoms with Gasteiger partial charge in [-0.2, -0.15) is 8.42 Å². The highest BCUT2D eigenvalue weighted by Gasteiger charge is 2.48. The van der Waals surface area contributed by atoms with Gasteiger partial charge in [-0.15, -0.1) is 5.06 Å². The summed E-state index contributed by atoms with van der Waals surface area (Å²) >= 11 is 0. The van der Waals surface area contributed by atoms with E-state index in [2.05, 4.69) is 31.4 Å². The maximum Gasteiger partial charge on any atom is 0.335 e. The van der Waals surface area contributed by atoms with Gasteiger partial charge >= 0.3 is 5.97 Å². The van der Waals surface area contributed by atoms with E-state index in [-0.39, 0.29) is 114 Å². The third-order valence-electron chi connectivity index (χ3n) is 14.9. The maximum atomic E-state index is 14.5. The van der Waals surface area contributed by atoms with E-state index in [0.717, 1.165) is 0 Å². The first-order valence-corrected chi connectivity index (χ1v) is 32.3. The summed E-state index contributed by atoms with van der Waals surface area (Å²) in [5, 5.41) is 32.8. The van der Waals surface area contributed by atoms with Gasteiger partial charge in [0.15, 0.2) is 28.4 Å². The Bertz CT molecular complexity index is 2690. The number of imide groups is 1. The number of carbonyl (C=O) groups is 12. The molecule has 0 radical (unpaired) electrons. The predicted octanol–water partition coefficient (Wildman–Crippen LogP) is 0.0744. The van der Waals surface area contributed by atoms with E-state index < -0.39 is 178 Å². The number of nitrogens with one attached hydrogen (secondary N) is 5. The van der Waals surface area contributed by atoms with Crippen molar-refractivity contribution in [3.8, 4) is 0 Å². The number of hydrogen-bond donors (Lipinski definition) is 10. The lowest BCUT2D eigenvalue weighted by atomic mass is 9.86. The first kappa shape index (κ1) is 80.7. The highest BCUT2D eigenvalue weighted by molar-refractivity contribution is 7.87. The van der Waals surface area contributed by atoms with Gasteiger partial charge in [-0.05, 0) is 82.7 Å². The van der Waals surface area contributed by atoms with E-state index in [9.17, 15) is 76.2 Å². The number of nitrogens with two attached hydrogens (primary N) is 2. The van der Waals surface area contributed by atoms with Crippen LogP contribution in [0.3, 0.4) is 0 Å². The maximum absolute atomic E-state index is 14.5. The van der Waals surface area contributed by atoms with Gasteiger partial charge in [0, 0.05) is 49.9 Å². The molecular formula is C61H98N8O21S. The van der Waals surface area contributed by atoms with Crippen LogP contribution in [-0.4, -0.2) is 193 Å². The summed E-state index contributed by atoms with van der Waals surface area (Å²) in [6.07, 6.45) is -5.59. The summed E-state index contributed by atoms with van der Waals surface area (Å²) in [6, 6.07) is 5.24. The molecule has 2 rings (SSSR count). The summed E-state index contributed by atoms with van der Waals surface area (Å²) in [5.41, 5.74) is 12.0. The summed E-state index contributed by atoms with van der Waals surface area (Å²) < 4.78 is 47.7. The van der Waals surface area contributed by atoms with Gasteiger partial charge in [0.1, 0.15) is 12.1 Å². The van der Waals surface area contributed by atoms with Gasteiger partial charge in [0.2, 0.25) is 23.6 Å². The van der Waals surface area contributed by atoms with Crippen LogP contribution in [0.15, 0.2) is 30.3 Å². The topological polar surface area (TPSA) is 452 Å². The van der Waals surface area contributed by atoms with Crippen LogP contribution < -0.4 is 38.1 Å². The Morgan fingerprint density at radius 2 is 1.20 bits per heavy atom. The monoisotopic (exact) mass is 1310 g/mol. The number of ether oxygens (including phenoxy) is 3. The van der Waals surface area contributed by atoms with Crippen molar-refractivity contribution in [2.24, 2.45) is 52.9 Å². The molecule has 0 spiro atoms. The second-order valence-corrected chi connectivity index (χ2v) is 25.8. The van der Waals surface area contributed by atoms with Crippen LogP contribution in [0.1, 0.15) is 139 Å². The fraction of sp³-hybridized carbons (Fsp3) is 0.705. The molecule has 1 aliphatic heterocycles. The lowest BCUT2D eigenvalue weighted by Gasteiger charge is -2.28. The molecule has 10 atom stereocenters. The summed E-state index contributed by atoms with van der Waals surface area (Å²) in [7, 11) is -4.87. The molecule has 1 fully saturated rings. The molecule has 0 aromatic heterocycles. The van der Waals surface area contributed by atoms with Gasteiger partial charge < -0.3 is 62.0 Å². The zero-order valence-electron chi connectivity index (χ0n) is 53.8. The van der Waals surface area contributed by atoms with E-state index in [0.29, 0.717) is 12.0 Å². The van der Waals surface area contributed by atoms with Crippen molar-refractivity contribution in [2.45, 2.75) is 181 Å². The quantitative estimate of drug-likeness (QED) is 0.0179. The third-order valence-corrected chi connectivity index (χ3v) is 16.0. The SMILES string of the molecule is CC(=O)[C@@H](CC(=O)[C@@H](NC(=O)[C@@H](CC(=O)[C@H](Cc1ccccc1)NC(=O)[C@@H](CC(=O)[C@H](CC(C)C)NC(=O)[C@H](CCCNC(N)N)CC(=O)CNC(=O)CCOCCOCCOCCC(=O)ON1C(=O)CC(S(=O)(=O)O)C1=O)CC(C)C)C(C)O)C(C)C)C(C)O. The van der Waals surface area contributed by atoms with Gasteiger partial charge in [0.05, 0.1) is 95.3 Å². The first-order valence-electron chi connectivity index (χ1n) is 30.8. The second kappa shape index (κ2) is 41.3. The van der Waals surface area contributed by atoms with Gasteiger partial charge in [-0.25, -0.2) is 4.79 Å². The Labute approximate surface area is 532 Å². The number of carbonyl (C=O) groups excluding carboxylic acids is 12. The summed E-state index contributed by atoms with van der Waals surface area (Å²) in [6.45, 7) is 14.6. The van der Waals surface area contributed by atoms with Crippen molar-refractivity contribution >= 4 is 80.4 Å². The Morgan fingerprint density at radius 1 is 0.659 bits per heavy atom. The summed E-state index contributed by atoms with van der Waals surface area (Å²) in [5.74, 6) is -13.8. The number of hydroxylamine groups is 2. The summed E-state index contributed by atoms with van der Waals surface area (Å²) in [4.78, 5) is 164. The highest BCUT2D eigenvalue weighted by Crippen LogP contribution is 2.24. The van der Waals surface area contributed by atoms with Crippen LogP contribution >= 0.6 is 0 Å². The molecule has 29 nitrogen and oxygen atoms in total. The fourth-order valence-corrected chi connectivity index (χ4v) is 10.6. The third kappa shape index (κ3) is 31.2. The van der Waals surface area contributed by atoms with Gasteiger partial charge in [0.25, 0.3) is 21.9 Å². The molecule has 1 aromatic rings. The standard InChI is InChI=1S/C61H98N8O21S/c1-35(2)26-43(58(81)67-48(28-41-14-11-10-12-15-41)50(75)32-46(40(9)72)59(82)68-56(37(5)6)51(76)31-45(38(7)70)39(8)71)30-49(74)47(27-36(3)4)66-57(80)42(16-13-19-64-61(62)63)29-44(73)34-65-53(77)17-20-87-22-24-89-25-23-88-21-18-55(79)90-69-54(78)33-52(60(69)83)91(84,85)86/h10-12,14-15,35-38,40,42-43,45-48,52,56,61,64,70,72H,13,16-34,62-63H2,1-9H3,(H,65,77)(H,66,80)(H,67,81)(H,68,82)(H,84,85,86)/t38?,40?,42-,43-,45+,46+,47+,48+,52?,56+/m1/s1. The van der Waals surface area contributed by atoms with E-state index in [1.165, 1.54) is 20.8 Å². The minimum Gasteiger partial charge on any atom is -0.393 e. The van der Waals surface area contributed by atoms with E-state index in [1.807, 2.05) is 27.7 Å². The van der Waals surface area contributed by atoms with Crippen molar-refractivity contribution in [3.63, 3.8) is 0 Å². The molecule has 0 bridgehead atoms. The number of rotatable bonds is 48. The Kier molecular flexibility index (Phi) is 36.6. The molecule has 6 amide bonds. The Morgan fingerprint density at radius 3 is 1.73 bits per heavy atom. The van der Waals surface area contributed by atoms with E-state index in [4.69, 9.17) is 30.2 Å². The largest absolute Gasteiger partial charge is 0.393 e. The molecule has 1 aromatic carbocycles. The number of nitrogens with zero attached hydrogens (tertiary/aromatic N) is 1. The molecule has 12 N–H and O–H groups in total. The lowest BCUT2D eigenvalue weighted by molar-refractivity contribution is -0.198. The van der Waals surface area contributed by atoms with Gasteiger partial charge in [-0.3, -0.25) is 62.6 Å². The van der Waals surface area contributed by atoms with Crippen LogP contribution in [0.4, 0.5) is 0 Å². The highest BCUT2D eigenvalue weighted by atomic mass is 32.2. The minimum absolute atomic E-state index is 0.00872. The van der Waals surface area contributed by atoms with Crippen LogP contribution in [0.2, 0.25) is 0 Å². The van der Waals surface area contributed by atoms with Crippen LogP contribution in [0.5, 0.6) is 0 Å². The van der Waals surface area contributed by atoms with Crippen molar-refractivity contribution in [3.05, 3.63) is 35.9 Å². The average molecular weight is 1310 g/mol. The van der Waals surface area contributed by atoms with Crippen molar-refractivity contribution in [1.29, 1.82) is 0 Å². The minimum atomic E-state index is -4.87. The van der Waals surface area contributed by atoms with Crippen LogP contribution in [0.25, 0.3) is 0 Å². The Balaban J connectivity index is 2.10. The van der Waals surface area contributed by atoms with Crippen molar-refractivity contribution < 1.29 is 99.8 Å². The number of ketones is 5. The molecule has 1 heterocycles. The molecule has 1 aliphatic rings. The van der Waals surface area contributed by atoms with E-state index in [1.54, 1.807) is 44.2 Å². The number of aliphatic hydroxyl groups is 2. The number of benzene rings is 1. The molecule has 514 valence electrons. The number of amides is 6. The first-order chi connectivity index (χ1) is 42.6. The van der Waals surface area contributed by atoms with E-state index >= 15 is 0 Å². The van der Waals surface area contributed by atoms with Crippen molar-refractivity contribution in [2.75, 3.05) is 52.7 Å². The normalized spacial score (nSPS) is 16.5. The average Bonchev–Trinajstić information content (AvgIpc) is 1.74. The predicted molar refractivity (Wildman–Crippen MR) is 328 cm³/mol. The zero-order valence-corrected chi connectivity index (χ0v) is 54.6. The zero-order chi connectivity index (χ0) is 68.7. The molecule has 1 saturated heterocycles. The number of aliphatic hydroxyl groups excluding tert-OH is 2. The van der Waals surface area contributed by atoms with Crippen molar-refractivity contribution in [1.82, 2.24) is 31.6 Å². The number of hydrogen-bond acceptors (Lipinski definition) is 23. The molecular weight excluding hydrogens is 1210 g/mol. The van der Waals surface area contributed by atoms with Crippen LogP contribution in [0, 0.1) is 41.4 Å². The lowest BCUT2D eigenvalue weighted by Crippen LogP contribution is -2.51. The van der Waals surface area contributed by atoms with Gasteiger partial charge in [-0.1, -0.05) is 71.9 Å². The smallest absolute Gasteiger partial charge is 0.335 e. The molecule has 0 saturated carbocycles. The molecule has 3 unspecified atom stereocenters. The molecule has 30 heteroatoms. The number of Topliss-reactive ketones (excluding diaryl/α,β-unsaturated/α-hetero) is 5. The fourth-order valence-electron chi connectivity index (χ4n) is 9.87. The molecule has 0 aliphatic carbocycles. The molecule has 91 heavy (non-hydrogen) atoms. The van der Waals surface area contributed by atoms with Crippen LogP contribution in [-0.2, 0) is 93.1 Å².